The first-order valence-electron chi connectivity index (χ1n) is 10.8. The van der Waals surface area contributed by atoms with E-state index in [4.69, 9.17) is 30.2 Å². The van der Waals surface area contributed by atoms with E-state index >= 15 is 0 Å². The van der Waals surface area contributed by atoms with Crippen molar-refractivity contribution in [3.05, 3.63) is 63.0 Å². The third-order valence-electron chi connectivity index (χ3n) is 5.88. The van der Waals surface area contributed by atoms with E-state index in [0.717, 1.165) is 12.0 Å². The average Bonchev–Trinajstić information content (AvgIpc) is 3.22. The van der Waals surface area contributed by atoms with Gasteiger partial charge in [-0.1, -0.05) is 30.7 Å². The van der Waals surface area contributed by atoms with E-state index in [0.29, 0.717) is 38.7 Å². The van der Waals surface area contributed by atoms with Gasteiger partial charge in [0.2, 0.25) is 5.91 Å². The summed E-state index contributed by atoms with van der Waals surface area (Å²) in [6.45, 7) is 2.02. The number of amides is 1. The average molecular weight is 486 g/mol. The van der Waals surface area contributed by atoms with Crippen molar-refractivity contribution in [1.82, 2.24) is 0 Å². The highest BCUT2D eigenvalue weighted by Gasteiger charge is 2.37. The van der Waals surface area contributed by atoms with Crippen molar-refractivity contribution in [2.75, 3.05) is 25.7 Å². The number of nitrogens with zero attached hydrogens (tertiary/aromatic N) is 1. The summed E-state index contributed by atoms with van der Waals surface area (Å²) >= 11 is 6.24. The number of carbonyl (C=O) groups is 2. The van der Waals surface area contributed by atoms with Crippen LogP contribution < -0.4 is 20.0 Å². The molecule has 2 heterocycles. The van der Waals surface area contributed by atoms with Crippen LogP contribution in [0.25, 0.3) is 11.0 Å². The third-order valence-corrected chi connectivity index (χ3v) is 6.17. The van der Waals surface area contributed by atoms with Crippen LogP contribution in [0.5, 0.6) is 11.5 Å². The van der Waals surface area contributed by atoms with Crippen LogP contribution in [-0.2, 0) is 27.4 Å². The Morgan fingerprint density at radius 2 is 1.88 bits per heavy atom. The topological polar surface area (TPSA) is 95.3 Å². The number of rotatable bonds is 7. The molecule has 178 valence electrons. The minimum absolute atomic E-state index is 0.0107. The van der Waals surface area contributed by atoms with E-state index in [1.165, 1.54) is 25.2 Å². The molecule has 1 aromatic heterocycles. The number of anilines is 1. The Morgan fingerprint density at radius 3 is 2.59 bits per heavy atom. The van der Waals surface area contributed by atoms with Gasteiger partial charge in [0.25, 0.3) is 0 Å². The summed E-state index contributed by atoms with van der Waals surface area (Å²) in [5.74, 6) is -0.635. The van der Waals surface area contributed by atoms with Crippen molar-refractivity contribution in [1.29, 1.82) is 0 Å². The molecule has 3 aromatic rings. The van der Waals surface area contributed by atoms with Crippen molar-refractivity contribution < 1.29 is 28.2 Å². The first-order chi connectivity index (χ1) is 16.3. The Labute approximate surface area is 201 Å². The number of hydrogen-bond donors (Lipinski definition) is 0. The summed E-state index contributed by atoms with van der Waals surface area (Å²) in [5, 5.41) is 1.02. The fourth-order valence-corrected chi connectivity index (χ4v) is 4.27. The quantitative estimate of drug-likeness (QED) is 0.367. The molecular weight excluding hydrogens is 462 g/mol. The van der Waals surface area contributed by atoms with Gasteiger partial charge in [-0.3, -0.25) is 9.59 Å². The van der Waals surface area contributed by atoms with Gasteiger partial charge in [-0.2, -0.15) is 0 Å². The highest BCUT2D eigenvalue weighted by atomic mass is 35.5. The molecule has 1 atom stereocenters. The molecule has 2 aromatic carbocycles. The summed E-state index contributed by atoms with van der Waals surface area (Å²) in [6, 6.07) is 10.1. The number of aryl methyl sites for hydroxylation is 1. The summed E-state index contributed by atoms with van der Waals surface area (Å²) in [6.07, 6.45) is 0.790. The fourth-order valence-electron chi connectivity index (χ4n) is 4.03. The van der Waals surface area contributed by atoms with Gasteiger partial charge in [0.15, 0.2) is 0 Å². The molecule has 1 aliphatic heterocycles. The van der Waals surface area contributed by atoms with Gasteiger partial charge < -0.3 is 23.5 Å². The van der Waals surface area contributed by atoms with Gasteiger partial charge in [0.05, 0.1) is 30.8 Å². The summed E-state index contributed by atoms with van der Waals surface area (Å²) in [7, 11) is 2.96. The third kappa shape index (κ3) is 4.59. The van der Waals surface area contributed by atoms with Crippen LogP contribution in [0.3, 0.4) is 0 Å². The fraction of sp³-hybridized carbons (Fsp3) is 0.320. The predicted molar refractivity (Wildman–Crippen MR) is 127 cm³/mol. The molecule has 1 aliphatic rings. The molecule has 0 saturated carbocycles. The minimum atomic E-state index is -0.670. The number of carbonyl (C=O) groups excluding carboxylic acids is 2. The second-order valence-electron chi connectivity index (χ2n) is 7.95. The second kappa shape index (κ2) is 9.77. The highest BCUT2D eigenvalue weighted by molar-refractivity contribution is 6.32. The lowest BCUT2D eigenvalue weighted by Crippen LogP contribution is -2.27. The number of ether oxygens (including phenoxy) is 3. The second-order valence-corrected chi connectivity index (χ2v) is 8.35. The van der Waals surface area contributed by atoms with Gasteiger partial charge in [0.1, 0.15) is 23.7 Å². The van der Waals surface area contributed by atoms with E-state index in [1.54, 1.807) is 12.1 Å². The first kappa shape index (κ1) is 23.6. The number of fused-ring (bicyclic) bond motifs is 1. The van der Waals surface area contributed by atoms with Gasteiger partial charge in [0, 0.05) is 36.0 Å². The lowest BCUT2D eigenvalue weighted by molar-refractivity contribution is -0.149. The Balaban J connectivity index is 1.50. The Morgan fingerprint density at radius 1 is 1.12 bits per heavy atom. The monoisotopic (exact) mass is 485 g/mol. The zero-order chi connectivity index (χ0) is 24.4. The number of halogens is 1. The Hall–Kier alpha value is -3.52. The smallest absolute Gasteiger partial charge is 0.336 e. The first-order valence-corrected chi connectivity index (χ1v) is 11.2. The number of benzene rings is 2. The van der Waals surface area contributed by atoms with Crippen LogP contribution in [-0.4, -0.2) is 32.6 Å². The molecule has 0 N–H and O–H groups in total. The standard InChI is InChI=1S/C25H24ClNO7/c1-4-14-5-6-17-16(9-24(29)34-20(17)7-14)13-33-25(30)15-8-23(28)27(12-15)19-10-18(26)21(31-2)11-22(19)32-3/h5-7,9-11,15H,4,8,12-13H2,1-3H3. The Kier molecular flexibility index (Phi) is 6.79. The molecular formula is C25H24ClNO7. The lowest BCUT2D eigenvalue weighted by Gasteiger charge is -2.20. The predicted octanol–water partition coefficient (Wildman–Crippen LogP) is 4.12. The molecule has 0 aliphatic carbocycles. The van der Waals surface area contributed by atoms with E-state index in [1.807, 2.05) is 25.1 Å². The lowest BCUT2D eigenvalue weighted by atomic mass is 10.1. The van der Waals surface area contributed by atoms with E-state index in [9.17, 15) is 14.4 Å². The zero-order valence-corrected chi connectivity index (χ0v) is 19.8. The maximum atomic E-state index is 12.8. The molecule has 8 nitrogen and oxygen atoms in total. The van der Waals surface area contributed by atoms with E-state index in [-0.39, 0.29) is 25.5 Å². The van der Waals surface area contributed by atoms with E-state index in [2.05, 4.69) is 0 Å². The Bertz CT molecular complexity index is 1320. The summed E-state index contributed by atoms with van der Waals surface area (Å²) in [4.78, 5) is 39.0. The maximum Gasteiger partial charge on any atom is 0.336 e. The van der Waals surface area contributed by atoms with E-state index < -0.39 is 17.5 Å². The van der Waals surface area contributed by atoms with Crippen molar-refractivity contribution in [3.63, 3.8) is 0 Å². The molecule has 34 heavy (non-hydrogen) atoms. The van der Waals surface area contributed by atoms with Crippen LogP contribution in [0, 0.1) is 5.92 Å². The molecule has 0 spiro atoms. The van der Waals surface area contributed by atoms with Crippen molar-refractivity contribution >= 4 is 40.1 Å². The summed E-state index contributed by atoms with van der Waals surface area (Å²) in [5.41, 5.74) is 1.96. The maximum absolute atomic E-state index is 12.8. The van der Waals surface area contributed by atoms with Crippen LogP contribution in [0.1, 0.15) is 24.5 Å². The number of hydrogen-bond acceptors (Lipinski definition) is 7. The van der Waals surface area contributed by atoms with Crippen molar-refractivity contribution in [3.8, 4) is 11.5 Å². The largest absolute Gasteiger partial charge is 0.495 e. The van der Waals surface area contributed by atoms with Crippen LogP contribution in [0.15, 0.2) is 45.6 Å². The molecule has 9 heteroatoms. The van der Waals surface area contributed by atoms with Crippen molar-refractivity contribution in [2.24, 2.45) is 5.92 Å². The van der Waals surface area contributed by atoms with Crippen LogP contribution >= 0.6 is 11.6 Å². The van der Waals surface area contributed by atoms with Gasteiger partial charge >= 0.3 is 11.6 Å². The van der Waals surface area contributed by atoms with Gasteiger partial charge in [-0.25, -0.2) is 4.79 Å². The van der Waals surface area contributed by atoms with Gasteiger partial charge in [-0.05, 0) is 24.1 Å². The molecule has 1 amide bonds. The highest BCUT2D eigenvalue weighted by Crippen LogP contribution is 2.40. The zero-order valence-electron chi connectivity index (χ0n) is 19.1. The molecule has 0 bridgehead atoms. The van der Waals surface area contributed by atoms with Gasteiger partial charge in [-0.15, -0.1) is 0 Å². The molecule has 1 unspecified atom stereocenters. The number of methoxy groups -OCH3 is 2. The SMILES string of the molecule is CCc1ccc2c(COC(=O)C3CC(=O)N(c4cc(Cl)c(OC)cc4OC)C3)cc(=O)oc2c1. The summed E-state index contributed by atoms with van der Waals surface area (Å²) < 4.78 is 21.4. The molecule has 1 saturated heterocycles. The normalized spacial score (nSPS) is 15.6. The van der Waals surface area contributed by atoms with Crippen molar-refractivity contribution in [2.45, 2.75) is 26.4 Å². The minimum Gasteiger partial charge on any atom is -0.495 e. The molecule has 1 fully saturated rings. The molecule has 4 rings (SSSR count). The van der Waals surface area contributed by atoms with Crippen LogP contribution in [0.4, 0.5) is 5.69 Å². The number of esters is 1. The molecule has 0 radical (unpaired) electrons. The van der Waals surface area contributed by atoms with Crippen LogP contribution in [0.2, 0.25) is 5.02 Å².